The minimum Gasteiger partial charge on any atom is -0.367 e. The Labute approximate surface area is 204 Å². The number of aryl methyl sites for hydroxylation is 1. The fraction of sp³-hybridized carbons (Fsp3) is 0.536. The van der Waals surface area contributed by atoms with Crippen LogP contribution in [0.15, 0.2) is 18.3 Å². The number of anilines is 1. The lowest BCUT2D eigenvalue weighted by Crippen LogP contribution is -2.51. The van der Waals surface area contributed by atoms with Crippen LogP contribution in [-0.2, 0) is 19.3 Å². The highest BCUT2D eigenvalue weighted by molar-refractivity contribution is 5.94. The van der Waals surface area contributed by atoms with Gasteiger partial charge < -0.3 is 15.5 Å². The van der Waals surface area contributed by atoms with Gasteiger partial charge in [-0.15, -0.1) is 0 Å². The Bertz CT molecular complexity index is 1260. The molecular formula is C28H30FN5O. The summed E-state index contributed by atoms with van der Waals surface area (Å²) in [4.78, 5) is 19.8. The smallest absolute Gasteiger partial charge is 0.253 e. The van der Waals surface area contributed by atoms with Crippen molar-refractivity contribution in [2.75, 3.05) is 18.0 Å². The quantitative estimate of drug-likeness (QED) is 0.718. The van der Waals surface area contributed by atoms with E-state index < -0.39 is 0 Å². The first-order chi connectivity index (χ1) is 17.1. The van der Waals surface area contributed by atoms with Gasteiger partial charge in [0.1, 0.15) is 11.9 Å². The minimum absolute atomic E-state index is 0.134. The highest BCUT2D eigenvalue weighted by Crippen LogP contribution is 2.54. The van der Waals surface area contributed by atoms with Crippen molar-refractivity contribution < 1.29 is 9.18 Å². The normalized spacial score (nSPS) is 30.1. The van der Waals surface area contributed by atoms with E-state index in [1.165, 1.54) is 18.4 Å². The van der Waals surface area contributed by atoms with E-state index in [9.17, 15) is 10.1 Å². The molecule has 0 radical (unpaired) electrons. The number of halogens is 1. The summed E-state index contributed by atoms with van der Waals surface area (Å²) in [6.45, 7) is 1.64. The molecular weight excluding hydrogens is 441 g/mol. The summed E-state index contributed by atoms with van der Waals surface area (Å²) in [7, 11) is 0. The van der Waals surface area contributed by atoms with Gasteiger partial charge in [0.15, 0.2) is 0 Å². The number of hydrogen-bond acceptors (Lipinski definition) is 5. The molecule has 2 N–H and O–H groups in total. The second-order valence-electron chi connectivity index (χ2n) is 11.2. The molecule has 2 unspecified atom stereocenters. The molecule has 7 rings (SSSR count). The molecule has 3 aliphatic carbocycles. The second-order valence-corrected chi connectivity index (χ2v) is 11.2. The number of nitrogens with one attached hydrogen (secondary N) is 2. The number of nitrogens with zero attached hydrogens (tertiary/aromatic N) is 3. The Balaban J connectivity index is 1.11. The van der Waals surface area contributed by atoms with Crippen molar-refractivity contribution in [1.29, 1.82) is 5.26 Å². The highest BCUT2D eigenvalue weighted by atomic mass is 19.1. The van der Waals surface area contributed by atoms with E-state index in [1.54, 1.807) is 12.3 Å². The third kappa shape index (κ3) is 3.61. The van der Waals surface area contributed by atoms with Gasteiger partial charge in [-0.05, 0) is 92.0 Å². The first kappa shape index (κ1) is 21.3. The molecule has 0 spiro atoms. The Morgan fingerprint density at radius 1 is 1.14 bits per heavy atom. The number of pyridine rings is 1. The number of hydrogen-bond donors (Lipinski definition) is 2. The third-order valence-corrected chi connectivity index (χ3v) is 9.01. The van der Waals surface area contributed by atoms with E-state index in [4.69, 9.17) is 0 Å². The maximum Gasteiger partial charge on any atom is 0.253 e. The van der Waals surface area contributed by atoms with Crippen molar-refractivity contribution in [3.63, 3.8) is 0 Å². The van der Waals surface area contributed by atoms with Crippen LogP contribution in [0, 0.1) is 23.1 Å². The molecule has 6 nitrogen and oxygen atoms in total. The van der Waals surface area contributed by atoms with Crippen molar-refractivity contribution in [3.05, 3.63) is 57.7 Å². The first-order valence-electron chi connectivity index (χ1n) is 13.1. The summed E-state index contributed by atoms with van der Waals surface area (Å²) in [6, 6.07) is 6.67. The average Bonchev–Trinajstić information content (AvgIpc) is 3.61. The Morgan fingerprint density at radius 3 is 2.77 bits per heavy atom. The molecule has 7 heteroatoms. The number of nitriles is 1. The van der Waals surface area contributed by atoms with Crippen LogP contribution in [0.5, 0.6) is 0 Å². The van der Waals surface area contributed by atoms with Gasteiger partial charge in [0.2, 0.25) is 0 Å². The third-order valence-electron chi connectivity index (χ3n) is 9.01. The van der Waals surface area contributed by atoms with E-state index in [0.29, 0.717) is 54.0 Å². The van der Waals surface area contributed by atoms with Gasteiger partial charge in [-0.2, -0.15) is 5.26 Å². The number of rotatable bonds is 3. The number of piperazine rings is 1. The standard InChI is InChI=1S/C28H30FN5O/c29-25-10-27(34-13-18-2-3-19(14-34)32-18)24(11-30)20-5-4-17(9-22(20)25)33-28(35)16-8-23-21-7-15(21)1-6-26(23)31-12-16/h8,10,12,15,17-19,21,32H,1-7,9,13-14H2,(H,33,35)/t15-,17-,18?,19?,21+/m0/s1. The molecule has 2 aliphatic heterocycles. The fourth-order valence-corrected chi connectivity index (χ4v) is 7.09. The van der Waals surface area contributed by atoms with Crippen LogP contribution in [0.4, 0.5) is 10.1 Å². The zero-order chi connectivity index (χ0) is 23.7. The Kier molecular flexibility index (Phi) is 4.89. The van der Waals surface area contributed by atoms with Crippen LogP contribution < -0.4 is 15.5 Å². The Morgan fingerprint density at radius 2 is 1.97 bits per heavy atom. The van der Waals surface area contributed by atoms with Crippen molar-refractivity contribution >= 4 is 11.6 Å². The average molecular weight is 472 g/mol. The summed E-state index contributed by atoms with van der Waals surface area (Å²) in [5.41, 5.74) is 5.77. The van der Waals surface area contributed by atoms with Gasteiger partial charge in [-0.3, -0.25) is 9.78 Å². The number of amides is 1. The van der Waals surface area contributed by atoms with Crippen LogP contribution in [0.1, 0.15) is 76.3 Å². The topological polar surface area (TPSA) is 81.0 Å². The lowest BCUT2D eigenvalue weighted by Gasteiger charge is -2.36. The molecule has 3 heterocycles. The number of carbonyl (C=O) groups is 1. The highest BCUT2D eigenvalue weighted by Gasteiger charge is 2.43. The van der Waals surface area contributed by atoms with Crippen LogP contribution in [0.2, 0.25) is 0 Å². The van der Waals surface area contributed by atoms with Crippen molar-refractivity contribution in [2.24, 2.45) is 5.92 Å². The molecule has 3 fully saturated rings. The summed E-state index contributed by atoms with van der Waals surface area (Å²) in [6.07, 6.45) is 9.12. The van der Waals surface area contributed by atoms with E-state index in [-0.39, 0.29) is 17.8 Å². The molecule has 1 saturated carbocycles. The zero-order valence-corrected chi connectivity index (χ0v) is 19.8. The van der Waals surface area contributed by atoms with Gasteiger partial charge in [0.05, 0.1) is 16.8 Å². The number of aromatic nitrogens is 1. The lowest BCUT2D eigenvalue weighted by atomic mass is 9.84. The summed E-state index contributed by atoms with van der Waals surface area (Å²) in [5.74, 6) is 0.967. The van der Waals surface area contributed by atoms with Gasteiger partial charge in [0.25, 0.3) is 5.91 Å². The SMILES string of the molecule is N#Cc1c(N2CC3CCC(C2)N3)cc(F)c2c1CC[C@H](NC(=O)c1cnc3c(c1)[C@@H]1C[C@@H]1CC3)C2. The van der Waals surface area contributed by atoms with Crippen LogP contribution in [0.3, 0.4) is 0 Å². The predicted molar refractivity (Wildman–Crippen MR) is 130 cm³/mol. The van der Waals surface area contributed by atoms with Gasteiger partial charge in [-0.25, -0.2) is 4.39 Å². The molecule has 35 heavy (non-hydrogen) atoms. The van der Waals surface area contributed by atoms with Crippen LogP contribution >= 0.6 is 0 Å². The molecule has 2 saturated heterocycles. The van der Waals surface area contributed by atoms with Gasteiger partial charge >= 0.3 is 0 Å². The number of carbonyl (C=O) groups excluding carboxylic acids is 1. The van der Waals surface area contributed by atoms with E-state index >= 15 is 4.39 Å². The molecule has 2 aromatic rings. The fourth-order valence-electron chi connectivity index (χ4n) is 7.09. The summed E-state index contributed by atoms with van der Waals surface area (Å²) < 4.78 is 15.4. The van der Waals surface area contributed by atoms with E-state index in [1.807, 2.05) is 6.07 Å². The van der Waals surface area contributed by atoms with Crippen LogP contribution in [-0.4, -0.2) is 42.1 Å². The van der Waals surface area contributed by atoms with Crippen molar-refractivity contribution in [1.82, 2.24) is 15.6 Å². The minimum atomic E-state index is -0.256. The van der Waals surface area contributed by atoms with Crippen molar-refractivity contribution in [3.8, 4) is 6.07 Å². The predicted octanol–water partition coefficient (Wildman–Crippen LogP) is 3.37. The van der Waals surface area contributed by atoms with Crippen molar-refractivity contribution in [2.45, 2.75) is 75.4 Å². The molecule has 1 amide bonds. The maximum atomic E-state index is 15.4. The molecule has 1 aromatic carbocycles. The molecule has 180 valence electrons. The second kappa shape index (κ2) is 8.03. The maximum absolute atomic E-state index is 15.4. The summed E-state index contributed by atoms with van der Waals surface area (Å²) in [5, 5.41) is 16.8. The summed E-state index contributed by atoms with van der Waals surface area (Å²) >= 11 is 0. The number of benzene rings is 1. The molecule has 2 bridgehead atoms. The van der Waals surface area contributed by atoms with Gasteiger partial charge in [-0.1, -0.05) is 0 Å². The zero-order valence-electron chi connectivity index (χ0n) is 19.8. The largest absolute Gasteiger partial charge is 0.367 e. The molecule has 5 aliphatic rings. The van der Waals surface area contributed by atoms with Crippen LogP contribution in [0.25, 0.3) is 0 Å². The monoisotopic (exact) mass is 471 g/mol. The van der Waals surface area contributed by atoms with E-state index in [0.717, 1.165) is 55.2 Å². The van der Waals surface area contributed by atoms with Gasteiger partial charge in [0, 0.05) is 43.1 Å². The lowest BCUT2D eigenvalue weighted by molar-refractivity contribution is 0.0932. The Hall–Kier alpha value is -2.98. The number of fused-ring (bicyclic) bond motifs is 6. The molecule has 5 atom stereocenters. The van der Waals surface area contributed by atoms with E-state index in [2.05, 4.69) is 26.6 Å². The molecule has 1 aromatic heterocycles. The first-order valence-corrected chi connectivity index (χ1v) is 13.1.